The van der Waals surface area contributed by atoms with Crippen LogP contribution in [0.15, 0.2) is 18.2 Å². The Balaban J connectivity index is 2.42. The highest BCUT2D eigenvalue weighted by Crippen LogP contribution is 2.30. The van der Waals surface area contributed by atoms with Gasteiger partial charge in [-0.25, -0.2) is 0 Å². The van der Waals surface area contributed by atoms with E-state index in [9.17, 15) is 0 Å². The zero-order chi connectivity index (χ0) is 14.5. The van der Waals surface area contributed by atoms with E-state index in [2.05, 4.69) is 15.5 Å². The maximum atomic E-state index is 6.06. The molecule has 108 valence electrons. The summed E-state index contributed by atoms with van der Waals surface area (Å²) in [4.78, 5) is 0. The van der Waals surface area contributed by atoms with Crippen molar-refractivity contribution in [3.8, 4) is 17.2 Å². The SMILES string of the molecule is CCOc1ccc(-n2nnnc2C(C)Cl)cc1OCC. The van der Waals surface area contributed by atoms with E-state index in [1.54, 1.807) is 4.68 Å². The first-order valence-electron chi connectivity index (χ1n) is 6.49. The molecule has 2 rings (SSSR count). The molecule has 0 saturated heterocycles. The van der Waals surface area contributed by atoms with Crippen LogP contribution in [0.5, 0.6) is 11.5 Å². The summed E-state index contributed by atoms with van der Waals surface area (Å²) in [5.41, 5.74) is 0.782. The minimum Gasteiger partial charge on any atom is -0.490 e. The van der Waals surface area contributed by atoms with Crippen molar-refractivity contribution in [3.05, 3.63) is 24.0 Å². The van der Waals surface area contributed by atoms with Crippen LogP contribution < -0.4 is 9.47 Å². The third-order valence-electron chi connectivity index (χ3n) is 2.62. The van der Waals surface area contributed by atoms with Gasteiger partial charge in [0.05, 0.1) is 24.3 Å². The molecular weight excluding hydrogens is 280 g/mol. The van der Waals surface area contributed by atoms with E-state index in [-0.39, 0.29) is 5.38 Å². The molecular formula is C13H17ClN4O2. The number of nitrogens with zero attached hydrogens (tertiary/aromatic N) is 4. The normalized spacial score (nSPS) is 12.2. The molecule has 0 amide bonds. The van der Waals surface area contributed by atoms with Crippen LogP contribution in [0, 0.1) is 0 Å². The molecule has 0 saturated carbocycles. The molecule has 0 aliphatic carbocycles. The smallest absolute Gasteiger partial charge is 0.174 e. The van der Waals surface area contributed by atoms with Gasteiger partial charge >= 0.3 is 0 Å². The first kappa shape index (κ1) is 14.6. The topological polar surface area (TPSA) is 62.1 Å². The third-order valence-corrected chi connectivity index (χ3v) is 2.82. The van der Waals surface area contributed by atoms with E-state index in [1.807, 2.05) is 39.0 Å². The van der Waals surface area contributed by atoms with Crippen molar-refractivity contribution in [2.24, 2.45) is 0 Å². The highest BCUT2D eigenvalue weighted by atomic mass is 35.5. The van der Waals surface area contributed by atoms with Gasteiger partial charge in [-0.05, 0) is 43.3 Å². The van der Waals surface area contributed by atoms with Gasteiger partial charge in [0.2, 0.25) is 0 Å². The number of hydrogen-bond acceptors (Lipinski definition) is 5. The Kier molecular flexibility index (Phi) is 4.79. The fourth-order valence-corrected chi connectivity index (χ4v) is 1.93. The number of benzene rings is 1. The molecule has 20 heavy (non-hydrogen) atoms. The molecule has 1 aromatic heterocycles. The lowest BCUT2D eigenvalue weighted by Gasteiger charge is -2.13. The highest BCUT2D eigenvalue weighted by molar-refractivity contribution is 6.20. The second kappa shape index (κ2) is 6.56. The number of ether oxygens (including phenoxy) is 2. The van der Waals surface area contributed by atoms with Crippen LogP contribution >= 0.6 is 11.6 Å². The van der Waals surface area contributed by atoms with Crippen molar-refractivity contribution in [1.29, 1.82) is 0 Å². The summed E-state index contributed by atoms with van der Waals surface area (Å²) in [5.74, 6) is 1.94. The molecule has 0 spiro atoms. The average molecular weight is 297 g/mol. The van der Waals surface area contributed by atoms with Crippen molar-refractivity contribution >= 4 is 11.6 Å². The minimum atomic E-state index is -0.285. The zero-order valence-corrected chi connectivity index (χ0v) is 12.5. The maximum absolute atomic E-state index is 6.06. The monoisotopic (exact) mass is 296 g/mol. The summed E-state index contributed by atoms with van der Waals surface area (Å²) in [5, 5.41) is 11.3. The first-order chi connectivity index (χ1) is 9.67. The fraction of sp³-hybridized carbons (Fsp3) is 0.462. The lowest BCUT2D eigenvalue weighted by Crippen LogP contribution is -2.05. The van der Waals surface area contributed by atoms with E-state index in [1.165, 1.54) is 0 Å². The van der Waals surface area contributed by atoms with E-state index in [4.69, 9.17) is 21.1 Å². The summed E-state index contributed by atoms with van der Waals surface area (Å²) in [6, 6.07) is 5.55. The Morgan fingerprint density at radius 2 is 1.90 bits per heavy atom. The van der Waals surface area contributed by atoms with Gasteiger partial charge in [-0.3, -0.25) is 0 Å². The molecule has 2 aromatic rings. The van der Waals surface area contributed by atoms with Gasteiger partial charge in [0.25, 0.3) is 0 Å². The number of hydrogen-bond donors (Lipinski definition) is 0. The Morgan fingerprint density at radius 1 is 1.20 bits per heavy atom. The van der Waals surface area contributed by atoms with Crippen LogP contribution in [0.2, 0.25) is 0 Å². The van der Waals surface area contributed by atoms with Crippen LogP contribution in [0.4, 0.5) is 0 Å². The van der Waals surface area contributed by atoms with Gasteiger partial charge in [-0.2, -0.15) is 4.68 Å². The summed E-state index contributed by atoms with van der Waals surface area (Å²) in [6.45, 7) is 6.80. The van der Waals surface area contributed by atoms with Crippen molar-refractivity contribution in [2.45, 2.75) is 26.1 Å². The van der Waals surface area contributed by atoms with Crippen LogP contribution in [0.1, 0.15) is 32.0 Å². The van der Waals surface area contributed by atoms with Crippen LogP contribution in [0.25, 0.3) is 5.69 Å². The van der Waals surface area contributed by atoms with Crippen molar-refractivity contribution in [3.63, 3.8) is 0 Å². The molecule has 0 aliphatic rings. The molecule has 0 bridgehead atoms. The van der Waals surface area contributed by atoms with Crippen molar-refractivity contribution in [1.82, 2.24) is 20.2 Å². The van der Waals surface area contributed by atoms with E-state index in [0.29, 0.717) is 30.5 Å². The largest absolute Gasteiger partial charge is 0.490 e. The summed E-state index contributed by atoms with van der Waals surface area (Å²) in [6.07, 6.45) is 0. The number of rotatable bonds is 6. The second-order valence-corrected chi connectivity index (χ2v) is 4.72. The second-order valence-electron chi connectivity index (χ2n) is 4.06. The molecule has 0 aliphatic heterocycles. The maximum Gasteiger partial charge on any atom is 0.174 e. The van der Waals surface area contributed by atoms with Gasteiger partial charge in [-0.15, -0.1) is 16.7 Å². The van der Waals surface area contributed by atoms with E-state index >= 15 is 0 Å². The number of tetrazole rings is 1. The lowest BCUT2D eigenvalue weighted by molar-refractivity contribution is 0.287. The Bertz CT molecular complexity index is 571. The average Bonchev–Trinajstić information content (AvgIpc) is 2.91. The molecule has 1 aromatic carbocycles. The van der Waals surface area contributed by atoms with Gasteiger partial charge < -0.3 is 9.47 Å². The molecule has 1 atom stereocenters. The summed E-state index contributed by atoms with van der Waals surface area (Å²) < 4.78 is 12.7. The Labute approximate surface area is 122 Å². The number of alkyl halides is 1. The van der Waals surface area contributed by atoms with E-state index in [0.717, 1.165) is 5.69 Å². The fourth-order valence-electron chi connectivity index (χ4n) is 1.80. The molecule has 0 fully saturated rings. The van der Waals surface area contributed by atoms with E-state index < -0.39 is 0 Å². The standard InChI is InChI=1S/C13H17ClN4O2/c1-4-19-11-7-6-10(8-12(11)20-5-2)18-13(9(3)14)15-16-17-18/h6-9H,4-5H2,1-3H3. The van der Waals surface area contributed by atoms with Crippen molar-refractivity contribution in [2.75, 3.05) is 13.2 Å². The van der Waals surface area contributed by atoms with Crippen molar-refractivity contribution < 1.29 is 9.47 Å². The van der Waals surface area contributed by atoms with Crippen LogP contribution in [-0.2, 0) is 0 Å². The van der Waals surface area contributed by atoms with Crippen LogP contribution in [0.3, 0.4) is 0 Å². The number of halogens is 1. The molecule has 0 radical (unpaired) electrons. The van der Waals surface area contributed by atoms with Gasteiger partial charge in [0, 0.05) is 6.07 Å². The zero-order valence-electron chi connectivity index (χ0n) is 11.7. The predicted octanol–water partition coefficient (Wildman–Crippen LogP) is 2.76. The lowest BCUT2D eigenvalue weighted by atomic mass is 10.2. The summed E-state index contributed by atoms with van der Waals surface area (Å²) >= 11 is 6.06. The van der Waals surface area contributed by atoms with Gasteiger partial charge in [0.15, 0.2) is 17.3 Å². The molecule has 7 heteroatoms. The Hall–Kier alpha value is -1.82. The highest BCUT2D eigenvalue weighted by Gasteiger charge is 2.15. The van der Waals surface area contributed by atoms with Gasteiger partial charge in [-0.1, -0.05) is 0 Å². The minimum absolute atomic E-state index is 0.285. The predicted molar refractivity (Wildman–Crippen MR) is 75.8 cm³/mol. The third kappa shape index (κ3) is 3.01. The Morgan fingerprint density at radius 3 is 2.55 bits per heavy atom. The molecule has 6 nitrogen and oxygen atoms in total. The molecule has 0 N–H and O–H groups in total. The van der Waals surface area contributed by atoms with Gasteiger partial charge in [0.1, 0.15) is 0 Å². The number of aromatic nitrogens is 4. The summed E-state index contributed by atoms with van der Waals surface area (Å²) in [7, 11) is 0. The molecule has 1 heterocycles. The first-order valence-corrected chi connectivity index (χ1v) is 6.93. The van der Waals surface area contributed by atoms with Crippen LogP contribution in [-0.4, -0.2) is 33.4 Å². The quantitative estimate of drug-likeness (QED) is 0.767. The molecule has 1 unspecified atom stereocenters.